The van der Waals surface area contributed by atoms with Gasteiger partial charge in [0.05, 0.1) is 24.5 Å². The van der Waals surface area contributed by atoms with Gasteiger partial charge < -0.3 is 9.47 Å². The Kier molecular flexibility index (Phi) is 3.92. The van der Waals surface area contributed by atoms with E-state index in [1.165, 1.54) is 5.56 Å². The highest BCUT2D eigenvalue weighted by Gasteiger charge is 2.30. The third-order valence-electron chi connectivity index (χ3n) is 4.64. The summed E-state index contributed by atoms with van der Waals surface area (Å²) in [5.74, 6) is 1.23. The second kappa shape index (κ2) is 6.24. The van der Waals surface area contributed by atoms with Gasteiger partial charge in [0.1, 0.15) is 5.82 Å². The first kappa shape index (κ1) is 15.7. The molecule has 1 aliphatic heterocycles. The summed E-state index contributed by atoms with van der Waals surface area (Å²) in [4.78, 5) is 14.2. The van der Waals surface area contributed by atoms with Crippen LogP contribution in [0.1, 0.15) is 36.6 Å². The predicted octanol–water partition coefficient (Wildman–Crippen LogP) is 3.61. The van der Waals surface area contributed by atoms with Gasteiger partial charge in [-0.1, -0.05) is 19.1 Å². The van der Waals surface area contributed by atoms with Crippen molar-refractivity contribution < 1.29 is 4.79 Å². The van der Waals surface area contributed by atoms with Gasteiger partial charge in [-0.2, -0.15) is 5.10 Å². The minimum atomic E-state index is 0.209. The van der Waals surface area contributed by atoms with Crippen LogP contribution in [0.2, 0.25) is 0 Å². The Morgan fingerprint density at radius 1 is 1.16 bits per heavy atom. The van der Waals surface area contributed by atoms with E-state index < -0.39 is 0 Å². The molecule has 0 saturated heterocycles. The Balaban J connectivity index is 1.79. The molecule has 1 aromatic carbocycles. The molecule has 0 saturated carbocycles. The van der Waals surface area contributed by atoms with Crippen LogP contribution in [-0.4, -0.2) is 25.2 Å². The normalized spacial score (nSPS) is 13.3. The van der Waals surface area contributed by atoms with E-state index in [2.05, 4.69) is 29.7 Å². The molecule has 4 rings (SSSR count). The van der Waals surface area contributed by atoms with Gasteiger partial charge >= 0.3 is 0 Å². The molecule has 2 aromatic heterocycles. The first-order chi connectivity index (χ1) is 12.2. The monoisotopic (exact) mass is 334 g/mol. The van der Waals surface area contributed by atoms with Crippen molar-refractivity contribution in [1.82, 2.24) is 19.2 Å². The highest BCUT2D eigenvalue weighted by Crippen LogP contribution is 2.31. The lowest BCUT2D eigenvalue weighted by Crippen LogP contribution is -2.25. The number of hydrogen-bond donors (Lipinski definition) is 0. The van der Waals surface area contributed by atoms with E-state index in [9.17, 15) is 4.79 Å². The molecule has 25 heavy (non-hydrogen) atoms. The third kappa shape index (κ3) is 2.76. The van der Waals surface area contributed by atoms with Crippen molar-refractivity contribution in [1.29, 1.82) is 0 Å². The molecule has 0 radical (unpaired) electrons. The number of aromatic nitrogens is 3. The largest absolute Gasteiger partial charge is 0.332 e. The van der Waals surface area contributed by atoms with Crippen LogP contribution < -0.4 is 0 Å². The lowest BCUT2D eigenvalue weighted by molar-refractivity contribution is -0.131. The summed E-state index contributed by atoms with van der Waals surface area (Å²) in [6, 6.07) is 12.4. The Morgan fingerprint density at radius 3 is 2.68 bits per heavy atom. The SMILES string of the molecule is CCCC(=O)N1Cc2nn(-c3cccc(C)c3)c(-n3cccc3)c2C1. The number of hydrogen-bond acceptors (Lipinski definition) is 2. The quantitative estimate of drug-likeness (QED) is 0.731. The van der Waals surface area contributed by atoms with Crippen LogP contribution in [0.5, 0.6) is 0 Å². The van der Waals surface area contributed by atoms with E-state index in [0.29, 0.717) is 19.5 Å². The van der Waals surface area contributed by atoms with Crippen LogP contribution in [0.3, 0.4) is 0 Å². The summed E-state index contributed by atoms with van der Waals surface area (Å²) in [6.45, 7) is 5.35. The first-order valence-electron chi connectivity index (χ1n) is 8.76. The molecule has 0 spiro atoms. The van der Waals surface area contributed by atoms with Crippen molar-refractivity contribution >= 4 is 5.91 Å². The van der Waals surface area contributed by atoms with Gasteiger partial charge in [0.25, 0.3) is 0 Å². The molecule has 0 atom stereocenters. The zero-order valence-corrected chi connectivity index (χ0v) is 14.6. The average molecular weight is 334 g/mol. The van der Waals surface area contributed by atoms with Crippen LogP contribution >= 0.6 is 0 Å². The zero-order chi connectivity index (χ0) is 17.4. The fourth-order valence-corrected chi connectivity index (χ4v) is 3.43. The maximum absolute atomic E-state index is 12.3. The molecule has 5 nitrogen and oxygen atoms in total. The second-order valence-electron chi connectivity index (χ2n) is 6.59. The molecule has 3 aromatic rings. The molecule has 0 aliphatic carbocycles. The number of aryl methyl sites for hydroxylation is 1. The minimum absolute atomic E-state index is 0.209. The summed E-state index contributed by atoms with van der Waals surface area (Å²) >= 11 is 0. The summed E-state index contributed by atoms with van der Waals surface area (Å²) in [6.07, 6.45) is 5.53. The van der Waals surface area contributed by atoms with E-state index in [1.807, 2.05) is 47.1 Å². The number of carbonyl (C=O) groups excluding carboxylic acids is 1. The molecule has 0 unspecified atom stereocenters. The topological polar surface area (TPSA) is 43.1 Å². The highest BCUT2D eigenvalue weighted by molar-refractivity contribution is 5.77. The number of benzene rings is 1. The highest BCUT2D eigenvalue weighted by atomic mass is 16.2. The predicted molar refractivity (Wildman–Crippen MR) is 96.8 cm³/mol. The van der Waals surface area contributed by atoms with Gasteiger partial charge in [0.15, 0.2) is 0 Å². The Hall–Kier alpha value is -2.82. The maximum atomic E-state index is 12.3. The number of fused-ring (bicyclic) bond motifs is 1. The molecule has 0 N–H and O–H groups in total. The Labute approximate surface area is 147 Å². The molecule has 1 aliphatic rings. The van der Waals surface area contributed by atoms with Crippen molar-refractivity contribution in [2.24, 2.45) is 0 Å². The summed E-state index contributed by atoms with van der Waals surface area (Å²) in [5, 5.41) is 4.85. The standard InChI is InChI=1S/C20H22N4O/c1-3-7-19(25)23-13-17-18(14-23)21-24(16-9-6-8-15(2)12-16)20(17)22-10-4-5-11-22/h4-6,8-12H,3,7,13-14H2,1-2H3. The van der Waals surface area contributed by atoms with Crippen LogP contribution in [0.15, 0.2) is 48.8 Å². The van der Waals surface area contributed by atoms with Crippen LogP contribution in [0, 0.1) is 6.92 Å². The number of amides is 1. The van der Waals surface area contributed by atoms with Crippen molar-refractivity contribution in [2.75, 3.05) is 0 Å². The molecular weight excluding hydrogens is 312 g/mol. The Morgan fingerprint density at radius 2 is 1.96 bits per heavy atom. The van der Waals surface area contributed by atoms with E-state index in [0.717, 1.165) is 29.2 Å². The van der Waals surface area contributed by atoms with Crippen LogP contribution in [0.25, 0.3) is 11.5 Å². The summed E-state index contributed by atoms with van der Waals surface area (Å²) < 4.78 is 4.08. The van der Waals surface area contributed by atoms with Gasteiger partial charge in [-0.3, -0.25) is 4.79 Å². The van der Waals surface area contributed by atoms with Crippen LogP contribution in [0.4, 0.5) is 0 Å². The molecule has 128 valence electrons. The van der Waals surface area contributed by atoms with Crippen molar-refractivity contribution in [3.8, 4) is 11.5 Å². The maximum Gasteiger partial charge on any atom is 0.223 e. The number of nitrogens with zero attached hydrogens (tertiary/aromatic N) is 4. The Bertz CT molecular complexity index is 908. The van der Waals surface area contributed by atoms with E-state index >= 15 is 0 Å². The first-order valence-corrected chi connectivity index (χ1v) is 8.76. The van der Waals surface area contributed by atoms with E-state index in [1.54, 1.807) is 0 Å². The molecule has 3 heterocycles. The number of carbonyl (C=O) groups is 1. The van der Waals surface area contributed by atoms with Crippen molar-refractivity contribution in [2.45, 2.75) is 39.8 Å². The molecule has 0 bridgehead atoms. The molecule has 1 amide bonds. The molecular formula is C20H22N4O. The smallest absolute Gasteiger partial charge is 0.223 e. The third-order valence-corrected chi connectivity index (χ3v) is 4.64. The van der Waals surface area contributed by atoms with Gasteiger partial charge in [-0.05, 0) is 43.2 Å². The van der Waals surface area contributed by atoms with Gasteiger partial charge in [0, 0.05) is 24.4 Å². The van der Waals surface area contributed by atoms with E-state index in [-0.39, 0.29) is 5.91 Å². The summed E-state index contributed by atoms with van der Waals surface area (Å²) in [5.41, 5.74) is 4.38. The van der Waals surface area contributed by atoms with Crippen LogP contribution in [-0.2, 0) is 17.9 Å². The molecule has 5 heteroatoms. The minimum Gasteiger partial charge on any atom is -0.332 e. The van der Waals surface area contributed by atoms with Gasteiger partial charge in [-0.15, -0.1) is 0 Å². The van der Waals surface area contributed by atoms with Crippen molar-refractivity contribution in [3.05, 3.63) is 65.6 Å². The second-order valence-corrected chi connectivity index (χ2v) is 6.59. The fraction of sp³-hybridized carbons (Fsp3) is 0.300. The zero-order valence-electron chi connectivity index (χ0n) is 14.6. The fourth-order valence-electron chi connectivity index (χ4n) is 3.43. The van der Waals surface area contributed by atoms with Gasteiger partial charge in [0.2, 0.25) is 5.91 Å². The van der Waals surface area contributed by atoms with E-state index in [4.69, 9.17) is 5.10 Å². The lowest BCUT2D eigenvalue weighted by atomic mass is 10.2. The number of rotatable bonds is 4. The average Bonchev–Trinajstić information content (AvgIpc) is 3.30. The van der Waals surface area contributed by atoms with Crippen molar-refractivity contribution in [3.63, 3.8) is 0 Å². The van der Waals surface area contributed by atoms with Gasteiger partial charge in [-0.25, -0.2) is 4.68 Å². The lowest BCUT2D eigenvalue weighted by Gasteiger charge is -2.17. The summed E-state index contributed by atoms with van der Waals surface area (Å²) in [7, 11) is 0. The molecule has 0 fully saturated rings.